The van der Waals surface area contributed by atoms with E-state index in [2.05, 4.69) is 21.0 Å². The van der Waals surface area contributed by atoms with Gasteiger partial charge in [-0.3, -0.25) is 14.8 Å². The van der Waals surface area contributed by atoms with Crippen molar-refractivity contribution in [1.82, 2.24) is 9.78 Å². The Labute approximate surface area is 291 Å². The SMILES string of the molecule is CC(C)OC(=O)c1cc(-c2nn(C)c(C(F)(F)F)c2Br)c(F)cc1Cl.CCOc1cc(Oc2ccc(C(F)(F)F)cc2Cl)ccc1[N+](=O)[O-]. The van der Waals surface area contributed by atoms with Gasteiger partial charge in [-0.25, -0.2) is 9.18 Å². The number of ether oxygens (including phenoxy) is 3. The van der Waals surface area contributed by atoms with Crippen molar-refractivity contribution in [1.29, 1.82) is 0 Å². The molecule has 1 aromatic heterocycles. The second-order valence-electron chi connectivity index (χ2n) is 9.96. The molecule has 0 fully saturated rings. The van der Waals surface area contributed by atoms with E-state index in [0.717, 1.165) is 37.4 Å². The molecule has 0 bridgehead atoms. The molecule has 0 aliphatic carbocycles. The first-order valence-electron chi connectivity index (χ1n) is 13.6. The minimum Gasteiger partial charge on any atom is -0.487 e. The Bertz CT molecular complexity index is 1870. The van der Waals surface area contributed by atoms with Crippen LogP contribution in [0.25, 0.3) is 11.3 Å². The number of rotatable bonds is 8. The zero-order chi connectivity index (χ0) is 37.0. The van der Waals surface area contributed by atoms with E-state index in [9.17, 15) is 45.6 Å². The molecule has 3 aromatic carbocycles. The summed E-state index contributed by atoms with van der Waals surface area (Å²) in [7, 11) is 1.08. The smallest absolute Gasteiger partial charge is 0.434 e. The summed E-state index contributed by atoms with van der Waals surface area (Å²) in [5.74, 6) is -1.61. The first kappa shape index (κ1) is 39.3. The minimum absolute atomic E-state index is 0.0111. The lowest BCUT2D eigenvalue weighted by molar-refractivity contribution is -0.385. The predicted molar refractivity (Wildman–Crippen MR) is 168 cm³/mol. The fraction of sp³-hybridized carbons (Fsp3) is 0.267. The van der Waals surface area contributed by atoms with Crippen molar-refractivity contribution in [2.45, 2.75) is 39.2 Å². The molecule has 19 heteroatoms. The molecule has 0 saturated heterocycles. The summed E-state index contributed by atoms with van der Waals surface area (Å²) in [6.07, 6.45) is -9.66. The molecule has 0 radical (unpaired) electrons. The predicted octanol–water partition coefficient (Wildman–Crippen LogP) is 10.7. The Balaban J connectivity index is 0.000000266. The molecule has 4 rings (SSSR count). The molecule has 0 atom stereocenters. The van der Waals surface area contributed by atoms with Gasteiger partial charge < -0.3 is 14.2 Å². The number of nitro groups is 1. The average Bonchev–Trinajstić information content (AvgIpc) is 3.27. The van der Waals surface area contributed by atoms with Crippen LogP contribution in [-0.4, -0.2) is 33.4 Å². The summed E-state index contributed by atoms with van der Waals surface area (Å²) >= 11 is 14.5. The molecular weight excluding hydrogens is 782 g/mol. The van der Waals surface area contributed by atoms with Gasteiger partial charge in [0.25, 0.3) is 0 Å². The molecule has 0 aliphatic rings. The first-order chi connectivity index (χ1) is 22.6. The number of nitro benzene ring substituents is 1. The largest absolute Gasteiger partial charge is 0.487 e. The van der Waals surface area contributed by atoms with Crippen molar-refractivity contribution >= 4 is 50.8 Å². The molecular formula is C30H23BrCl2F7N3O6. The van der Waals surface area contributed by atoms with Gasteiger partial charge in [0.05, 0.1) is 43.3 Å². The third-order valence-electron chi connectivity index (χ3n) is 6.05. The van der Waals surface area contributed by atoms with Gasteiger partial charge in [-0.05, 0) is 73.1 Å². The molecule has 4 aromatic rings. The Morgan fingerprint density at radius 3 is 2.16 bits per heavy atom. The van der Waals surface area contributed by atoms with E-state index < -0.39 is 50.9 Å². The molecule has 264 valence electrons. The van der Waals surface area contributed by atoms with Crippen LogP contribution in [0, 0.1) is 15.9 Å². The fourth-order valence-electron chi connectivity index (χ4n) is 4.01. The van der Waals surface area contributed by atoms with Crippen LogP contribution in [0.5, 0.6) is 17.2 Å². The summed E-state index contributed by atoms with van der Waals surface area (Å²) in [6, 6.07) is 8.26. The van der Waals surface area contributed by atoms with E-state index in [0.29, 0.717) is 4.68 Å². The van der Waals surface area contributed by atoms with E-state index >= 15 is 0 Å². The summed E-state index contributed by atoms with van der Waals surface area (Å²) < 4.78 is 107. The number of nitrogens with zero attached hydrogens (tertiary/aromatic N) is 3. The molecule has 1 heterocycles. The van der Waals surface area contributed by atoms with E-state index in [1.54, 1.807) is 20.8 Å². The van der Waals surface area contributed by atoms with Crippen LogP contribution in [0.1, 0.15) is 42.4 Å². The van der Waals surface area contributed by atoms with Gasteiger partial charge in [-0.2, -0.15) is 31.4 Å². The van der Waals surface area contributed by atoms with Crippen molar-refractivity contribution in [3.63, 3.8) is 0 Å². The van der Waals surface area contributed by atoms with E-state index in [-0.39, 0.29) is 56.4 Å². The molecule has 0 unspecified atom stereocenters. The summed E-state index contributed by atoms with van der Waals surface area (Å²) in [4.78, 5) is 22.3. The quantitative estimate of drug-likeness (QED) is 0.0755. The van der Waals surface area contributed by atoms with Gasteiger partial charge in [-0.15, -0.1) is 0 Å². The molecule has 9 nitrogen and oxygen atoms in total. The highest BCUT2D eigenvalue weighted by atomic mass is 79.9. The van der Waals surface area contributed by atoms with Crippen molar-refractivity contribution in [2.24, 2.45) is 7.05 Å². The minimum atomic E-state index is -4.69. The van der Waals surface area contributed by atoms with Crippen LogP contribution in [0.3, 0.4) is 0 Å². The number of benzene rings is 3. The Hall–Kier alpha value is -4.09. The summed E-state index contributed by atoms with van der Waals surface area (Å²) in [6.45, 7) is 5.08. The number of alkyl halides is 6. The van der Waals surface area contributed by atoms with Crippen LogP contribution in [0.15, 0.2) is 53.0 Å². The topological polar surface area (TPSA) is 106 Å². The number of hydrogen-bond acceptors (Lipinski definition) is 7. The van der Waals surface area contributed by atoms with E-state index in [1.165, 1.54) is 18.2 Å². The third kappa shape index (κ3) is 9.76. The molecule has 49 heavy (non-hydrogen) atoms. The number of hydrogen-bond donors (Lipinski definition) is 0. The first-order valence-corrected chi connectivity index (χ1v) is 15.2. The molecule has 0 N–H and O–H groups in total. The van der Waals surface area contributed by atoms with Crippen LogP contribution < -0.4 is 9.47 Å². The summed E-state index contributed by atoms with van der Waals surface area (Å²) in [5, 5.41) is 14.2. The van der Waals surface area contributed by atoms with E-state index in [4.69, 9.17) is 37.4 Å². The molecule has 0 saturated carbocycles. The monoisotopic (exact) mass is 803 g/mol. The lowest BCUT2D eigenvalue weighted by Gasteiger charge is -2.12. The van der Waals surface area contributed by atoms with E-state index in [1.807, 2.05) is 0 Å². The normalized spacial score (nSPS) is 11.6. The summed E-state index contributed by atoms with van der Waals surface area (Å²) in [5.41, 5.74) is -3.01. The highest BCUT2D eigenvalue weighted by Gasteiger charge is 2.39. The molecule has 0 spiro atoms. The number of aryl methyl sites for hydroxylation is 1. The Morgan fingerprint density at radius 1 is 1.00 bits per heavy atom. The lowest BCUT2D eigenvalue weighted by Crippen LogP contribution is -2.12. The van der Waals surface area contributed by atoms with Gasteiger partial charge in [0.15, 0.2) is 5.69 Å². The maximum atomic E-state index is 14.3. The number of carbonyl (C=O) groups excluding carboxylic acids is 1. The number of esters is 1. The second-order valence-corrected chi connectivity index (χ2v) is 11.6. The average molecular weight is 805 g/mol. The number of carbonyl (C=O) groups is 1. The number of halogens is 10. The zero-order valence-corrected chi connectivity index (χ0v) is 28.6. The lowest BCUT2D eigenvalue weighted by atomic mass is 10.1. The standard InChI is InChI=1S/C15H12BrClF4N2O2.C15H11ClF3NO4/c1-6(2)25-14(24)7-4-8(10(18)5-9(7)17)12-11(16)13(15(19,20)21)23(3)22-12;1-2-23-14-8-10(4-5-12(14)20(21)22)24-13-6-3-9(7-11(13)16)15(17,18)19/h4-6H,1-3H3;3-8H,2H2,1H3. The number of aromatic nitrogens is 2. The van der Waals surface area contributed by atoms with Crippen molar-refractivity contribution in [3.05, 3.63) is 95.8 Å². The van der Waals surface area contributed by atoms with Crippen LogP contribution in [-0.2, 0) is 24.1 Å². The molecule has 0 amide bonds. The van der Waals surface area contributed by atoms with Crippen LogP contribution in [0.4, 0.5) is 36.4 Å². The van der Waals surface area contributed by atoms with Crippen LogP contribution >= 0.6 is 39.1 Å². The van der Waals surface area contributed by atoms with Crippen LogP contribution in [0.2, 0.25) is 10.0 Å². The van der Waals surface area contributed by atoms with Crippen molar-refractivity contribution < 1.29 is 54.7 Å². The van der Waals surface area contributed by atoms with Gasteiger partial charge in [-0.1, -0.05) is 23.2 Å². The zero-order valence-electron chi connectivity index (χ0n) is 25.5. The van der Waals surface area contributed by atoms with Crippen molar-refractivity contribution in [2.75, 3.05) is 6.61 Å². The fourth-order valence-corrected chi connectivity index (χ4v) is 5.23. The van der Waals surface area contributed by atoms with Gasteiger partial charge in [0, 0.05) is 24.7 Å². The van der Waals surface area contributed by atoms with Crippen molar-refractivity contribution in [3.8, 4) is 28.5 Å². The van der Waals surface area contributed by atoms with Gasteiger partial charge >= 0.3 is 24.0 Å². The van der Waals surface area contributed by atoms with Gasteiger partial charge in [0.1, 0.15) is 23.0 Å². The highest BCUT2D eigenvalue weighted by Crippen LogP contribution is 2.42. The maximum Gasteiger partial charge on any atom is 0.434 e. The Kier molecular flexibility index (Phi) is 12.6. The van der Waals surface area contributed by atoms with Gasteiger partial charge in [0.2, 0.25) is 5.75 Å². The third-order valence-corrected chi connectivity index (χ3v) is 7.41. The maximum absolute atomic E-state index is 14.3. The highest BCUT2D eigenvalue weighted by molar-refractivity contribution is 9.10. The Morgan fingerprint density at radius 2 is 1.65 bits per heavy atom. The second kappa shape index (κ2) is 15.6. The molecule has 0 aliphatic heterocycles.